The zero-order valence-corrected chi connectivity index (χ0v) is 10.1. The average Bonchev–Trinajstić information content (AvgIpc) is 2.17. The molecule has 0 N–H and O–H groups in total. The smallest absolute Gasteiger partial charge is 0.237 e. The third kappa shape index (κ3) is 1.60. The molecule has 0 bridgehead atoms. The highest BCUT2D eigenvalue weighted by Crippen LogP contribution is 2.37. The summed E-state index contributed by atoms with van der Waals surface area (Å²) in [5.74, 6) is 0.166. The van der Waals surface area contributed by atoms with Gasteiger partial charge in [0, 0.05) is 12.1 Å². The van der Waals surface area contributed by atoms with E-state index in [9.17, 15) is 4.79 Å². The van der Waals surface area contributed by atoms with Crippen molar-refractivity contribution in [2.75, 3.05) is 0 Å². The van der Waals surface area contributed by atoms with Gasteiger partial charge in [-0.05, 0) is 21.2 Å². The zero-order chi connectivity index (χ0) is 7.72. The molecule has 0 aromatic rings. The molecule has 1 aliphatic heterocycles. The SMILES string of the molecule is C=C1C(SI)CC(=O)N1I. The molecule has 56 valence electrons. The van der Waals surface area contributed by atoms with E-state index in [2.05, 4.69) is 27.8 Å². The average molecular weight is 381 g/mol. The van der Waals surface area contributed by atoms with Crippen LogP contribution in [0.2, 0.25) is 0 Å². The Hall–Kier alpha value is 1.02. The lowest BCUT2D eigenvalue weighted by Gasteiger charge is -2.07. The van der Waals surface area contributed by atoms with Gasteiger partial charge in [0.25, 0.3) is 0 Å². The van der Waals surface area contributed by atoms with Gasteiger partial charge in [-0.1, -0.05) is 15.5 Å². The fraction of sp³-hybridized carbons (Fsp3) is 0.400. The van der Waals surface area contributed by atoms with E-state index in [0.29, 0.717) is 11.7 Å². The van der Waals surface area contributed by atoms with Crippen molar-refractivity contribution >= 4 is 58.9 Å². The van der Waals surface area contributed by atoms with Crippen molar-refractivity contribution in [3.05, 3.63) is 12.3 Å². The predicted molar refractivity (Wildman–Crippen MR) is 60.0 cm³/mol. The number of rotatable bonds is 1. The van der Waals surface area contributed by atoms with Gasteiger partial charge in [0.1, 0.15) is 0 Å². The molecule has 0 spiro atoms. The first-order valence-corrected chi connectivity index (χ1v) is 7.00. The summed E-state index contributed by atoms with van der Waals surface area (Å²) in [7, 11) is 1.65. The Labute approximate surface area is 89.9 Å². The van der Waals surface area contributed by atoms with Crippen molar-refractivity contribution in [3.8, 4) is 0 Å². The number of hydrogen-bond donors (Lipinski definition) is 0. The first kappa shape index (κ1) is 9.11. The minimum atomic E-state index is 0.166. The van der Waals surface area contributed by atoms with E-state index in [0.717, 1.165) is 5.70 Å². The van der Waals surface area contributed by atoms with Gasteiger partial charge in [0.2, 0.25) is 5.91 Å². The third-order valence-corrected chi connectivity index (χ3v) is 4.96. The van der Waals surface area contributed by atoms with Crippen molar-refractivity contribution in [1.82, 2.24) is 3.11 Å². The van der Waals surface area contributed by atoms with Gasteiger partial charge in [-0.15, -0.1) is 0 Å². The van der Waals surface area contributed by atoms with Crippen molar-refractivity contribution in [1.29, 1.82) is 0 Å². The summed E-state index contributed by atoms with van der Waals surface area (Å²) in [6.45, 7) is 3.81. The molecular weight excluding hydrogens is 376 g/mol. The highest BCUT2D eigenvalue weighted by molar-refractivity contribution is 14.2. The van der Waals surface area contributed by atoms with Crippen molar-refractivity contribution in [3.63, 3.8) is 0 Å². The van der Waals surface area contributed by atoms with Crippen molar-refractivity contribution in [2.45, 2.75) is 11.7 Å². The van der Waals surface area contributed by atoms with Crippen LogP contribution in [0.3, 0.4) is 0 Å². The molecule has 0 aromatic carbocycles. The number of halogens is 2. The summed E-state index contributed by atoms with van der Waals surface area (Å²) in [5.41, 5.74) is 0.921. The van der Waals surface area contributed by atoms with Crippen LogP contribution < -0.4 is 0 Å². The summed E-state index contributed by atoms with van der Waals surface area (Å²) < 4.78 is 1.61. The predicted octanol–water partition coefficient (Wildman–Crippen LogP) is 2.53. The fourth-order valence-corrected chi connectivity index (χ4v) is 3.28. The Kier molecular flexibility index (Phi) is 3.29. The van der Waals surface area contributed by atoms with E-state index in [1.807, 2.05) is 22.9 Å². The molecule has 0 radical (unpaired) electrons. The summed E-state index contributed by atoms with van der Waals surface area (Å²) >= 11 is 4.19. The summed E-state index contributed by atoms with van der Waals surface area (Å²) in [6.07, 6.45) is 0.607. The highest BCUT2D eigenvalue weighted by Gasteiger charge is 2.31. The normalized spacial score (nSPS) is 26.2. The van der Waals surface area contributed by atoms with E-state index in [4.69, 9.17) is 0 Å². The first-order valence-electron chi connectivity index (χ1n) is 2.61. The minimum absolute atomic E-state index is 0.166. The van der Waals surface area contributed by atoms with Crippen LogP contribution in [0.4, 0.5) is 0 Å². The summed E-state index contributed by atoms with van der Waals surface area (Å²) in [6, 6.07) is 0. The standard InChI is InChI=1S/C5H5I2NOS/c1-3-4(10-7)2-5(9)8(3)6/h4H,1-2H2. The third-order valence-electron chi connectivity index (χ3n) is 1.31. The Morgan fingerprint density at radius 2 is 2.40 bits per heavy atom. The van der Waals surface area contributed by atoms with Gasteiger partial charge in [0.15, 0.2) is 0 Å². The topological polar surface area (TPSA) is 20.3 Å². The number of nitrogens with zero attached hydrogens (tertiary/aromatic N) is 1. The minimum Gasteiger partial charge on any atom is -0.274 e. The summed E-state index contributed by atoms with van der Waals surface area (Å²) in [4.78, 5) is 11.0. The van der Waals surface area contributed by atoms with E-state index in [-0.39, 0.29) is 5.91 Å². The lowest BCUT2D eigenvalue weighted by atomic mass is 10.3. The maximum Gasteiger partial charge on any atom is 0.237 e. The maximum absolute atomic E-state index is 11.0. The molecule has 1 fully saturated rings. The van der Waals surface area contributed by atoms with Crippen LogP contribution in [0, 0.1) is 0 Å². The van der Waals surface area contributed by atoms with Crippen LogP contribution in [0.1, 0.15) is 6.42 Å². The quantitative estimate of drug-likeness (QED) is 0.514. The van der Waals surface area contributed by atoms with Crippen LogP contribution in [0.5, 0.6) is 0 Å². The van der Waals surface area contributed by atoms with Crippen LogP contribution in [-0.4, -0.2) is 14.3 Å². The lowest BCUT2D eigenvalue weighted by Crippen LogP contribution is -2.08. The first-order chi connectivity index (χ1) is 4.66. The van der Waals surface area contributed by atoms with Crippen molar-refractivity contribution < 1.29 is 4.79 Å². The summed E-state index contributed by atoms with van der Waals surface area (Å²) in [5, 5.41) is 0.296. The van der Waals surface area contributed by atoms with Gasteiger partial charge >= 0.3 is 0 Å². The van der Waals surface area contributed by atoms with Gasteiger partial charge in [-0.2, -0.15) is 0 Å². The van der Waals surface area contributed by atoms with E-state index in [1.165, 1.54) is 0 Å². The Balaban J connectivity index is 2.71. The molecule has 1 aliphatic rings. The second kappa shape index (κ2) is 3.61. The highest BCUT2D eigenvalue weighted by atomic mass is 127. The van der Waals surface area contributed by atoms with Crippen LogP contribution in [0.15, 0.2) is 12.3 Å². The fourth-order valence-electron chi connectivity index (χ4n) is 0.726. The largest absolute Gasteiger partial charge is 0.274 e. The van der Waals surface area contributed by atoms with E-state index in [1.54, 1.807) is 12.0 Å². The molecule has 10 heavy (non-hydrogen) atoms. The van der Waals surface area contributed by atoms with Crippen LogP contribution in [-0.2, 0) is 4.79 Å². The zero-order valence-electron chi connectivity index (χ0n) is 5.01. The molecule has 0 saturated carbocycles. The van der Waals surface area contributed by atoms with E-state index >= 15 is 0 Å². The van der Waals surface area contributed by atoms with Crippen LogP contribution in [0.25, 0.3) is 0 Å². The number of carbonyl (C=O) groups is 1. The molecule has 1 unspecified atom stereocenters. The van der Waals surface area contributed by atoms with Gasteiger partial charge < -0.3 is 0 Å². The van der Waals surface area contributed by atoms with Crippen molar-refractivity contribution in [2.24, 2.45) is 0 Å². The molecule has 0 aromatic heterocycles. The Morgan fingerprint density at radius 3 is 2.60 bits per heavy atom. The molecule has 1 saturated heterocycles. The molecule has 1 heterocycles. The van der Waals surface area contributed by atoms with Gasteiger partial charge in [-0.3, -0.25) is 7.91 Å². The van der Waals surface area contributed by atoms with Gasteiger partial charge in [-0.25, -0.2) is 0 Å². The second-order valence-corrected chi connectivity index (χ2v) is 5.19. The molecule has 5 heteroatoms. The lowest BCUT2D eigenvalue weighted by molar-refractivity contribution is -0.122. The van der Waals surface area contributed by atoms with E-state index < -0.39 is 0 Å². The molecular formula is C5H5I2NOS. The monoisotopic (exact) mass is 381 g/mol. The number of hydrogen-bond acceptors (Lipinski definition) is 2. The molecule has 1 amide bonds. The number of amides is 1. The molecule has 0 aliphatic carbocycles. The maximum atomic E-state index is 11.0. The van der Waals surface area contributed by atoms with Gasteiger partial charge in [0.05, 0.1) is 28.1 Å². The Morgan fingerprint density at radius 1 is 1.80 bits per heavy atom. The van der Waals surface area contributed by atoms with Crippen LogP contribution >= 0.6 is 53.0 Å². The molecule has 1 atom stereocenters. The molecule has 1 rings (SSSR count). The second-order valence-electron chi connectivity index (χ2n) is 1.95. The Bertz CT molecular complexity index is 184. The number of carbonyl (C=O) groups excluding carboxylic acids is 1. The molecule has 2 nitrogen and oxygen atoms in total.